The van der Waals surface area contributed by atoms with Crippen LogP contribution >= 0.6 is 0 Å². The summed E-state index contributed by atoms with van der Waals surface area (Å²) >= 11 is 0. The molecule has 0 amide bonds. The van der Waals surface area contributed by atoms with Gasteiger partial charge in [0.2, 0.25) is 0 Å². The van der Waals surface area contributed by atoms with Crippen LogP contribution < -0.4 is 5.73 Å². The summed E-state index contributed by atoms with van der Waals surface area (Å²) in [6.45, 7) is 2.77. The number of imidazole rings is 1. The topological polar surface area (TPSA) is 70.1 Å². The van der Waals surface area contributed by atoms with Crippen LogP contribution in [0.5, 0.6) is 0 Å². The van der Waals surface area contributed by atoms with Gasteiger partial charge in [0.25, 0.3) is 0 Å². The summed E-state index contributed by atoms with van der Waals surface area (Å²) in [6.07, 6.45) is 1.57. The van der Waals surface area contributed by atoms with Gasteiger partial charge in [-0.2, -0.15) is 0 Å². The Morgan fingerprint density at radius 3 is 2.74 bits per heavy atom. The molecule has 1 unspecified atom stereocenters. The minimum Gasteiger partial charge on any atom is -0.464 e. The third-order valence-corrected chi connectivity index (χ3v) is 3.10. The van der Waals surface area contributed by atoms with Crippen molar-refractivity contribution in [2.45, 2.75) is 19.4 Å². The van der Waals surface area contributed by atoms with Gasteiger partial charge in [-0.1, -0.05) is 37.3 Å². The van der Waals surface area contributed by atoms with Crippen LogP contribution in [0.4, 0.5) is 5.82 Å². The molecule has 1 atom stereocenters. The van der Waals surface area contributed by atoms with E-state index < -0.39 is 5.97 Å². The number of nitrogen functional groups attached to an aromatic ring is 1. The molecule has 0 aliphatic carbocycles. The second-order valence-electron chi connectivity index (χ2n) is 4.43. The Kier molecular flexibility index (Phi) is 3.85. The minimum atomic E-state index is -0.511. The van der Waals surface area contributed by atoms with Gasteiger partial charge in [0, 0.05) is 6.54 Å². The van der Waals surface area contributed by atoms with E-state index in [1.807, 2.05) is 18.2 Å². The van der Waals surface area contributed by atoms with Gasteiger partial charge in [0.15, 0.2) is 5.69 Å². The molecule has 0 saturated carbocycles. The van der Waals surface area contributed by atoms with Crippen LogP contribution in [0.2, 0.25) is 0 Å². The van der Waals surface area contributed by atoms with Gasteiger partial charge in [-0.3, -0.25) is 0 Å². The van der Waals surface area contributed by atoms with Crippen LogP contribution in [-0.4, -0.2) is 22.6 Å². The predicted octanol–water partition coefficient (Wildman–Crippen LogP) is 2.06. The van der Waals surface area contributed by atoms with Crippen LogP contribution in [0.3, 0.4) is 0 Å². The quantitative estimate of drug-likeness (QED) is 0.853. The first-order valence-electron chi connectivity index (χ1n) is 6.07. The zero-order valence-electron chi connectivity index (χ0n) is 11.0. The molecule has 5 nitrogen and oxygen atoms in total. The highest BCUT2D eigenvalue weighted by molar-refractivity contribution is 5.92. The van der Waals surface area contributed by atoms with E-state index in [1.165, 1.54) is 12.7 Å². The van der Waals surface area contributed by atoms with E-state index in [4.69, 9.17) is 5.73 Å². The Morgan fingerprint density at radius 2 is 2.11 bits per heavy atom. The summed E-state index contributed by atoms with van der Waals surface area (Å²) in [4.78, 5) is 15.4. The van der Waals surface area contributed by atoms with E-state index in [1.54, 1.807) is 10.9 Å². The number of hydrogen-bond donors (Lipinski definition) is 1. The molecule has 0 spiro atoms. The summed E-state index contributed by atoms with van der Waals surface area (Å²) in [5.74, 6) is 0.112. The van der Waals surface area contributed by atoms with Crippen molar-refractivity contribution in [2.75, 3.05) is 12.8 Å². The fourth-order valence-electron chi connectivity index (χ4n) is 1.97. The van der Waals surface area contributed by atoms with Gasteiger partial charge in [-0.25, -0.2) is 9.78 Å². The summed E-state index contributed by atoms with van der Waals surface area (Å²) in [5, 5.41) is 0. The maximum absolute atomic E-state index is 11.4. The van der Waals surface area contributed by atoms with Crippen molar-refractivity contribution in [3.8, 4) is 0 Å². The van der Waals surface area contributed by atoms with Gasteiger partial charge in [0.1, 0.15) is 5.82 Å². The average Bonchev–Trinajstić information content (AvgIpc) is 2.80. The molecule has 2 aromatic rings. The normalized spacial score (nSPS) is 12.1. The van der Waals surface area contributed by atoms with Gasteiger partial charge in [-0.05, 0) is 11.5 Å². The number of anilines is 1. The van der Waals surface area contributed by atoms with Gasteiger partial charge in [0.05, 0.1) is 13.4 Å². The number of aromatic nitrogens is 2. The SMILES string of the molecule is COC(=O)c1ncn(CC(C)c2ccccc2)c1N. The van der Waals surface area contributed by atoms with E-state index in [9.17, 15) is 4.79 Å². The van der Waals surface area contributed by atoms with E-state index in [0.29, 0.717) is 12.4 Å². The lowest BCUT2D eigenvalue weighted by molar-refractivity contribution is 0.0596. The number of hydrogen-bond acceptors (Lipinski definition) is 4. The summed E-state index contributed by atoms with van der Waals surface area (Å²) in [5.41, 5.74) is 7.29. The van der Waals surface area contributed by atoms with Gasteiger partial charge >= 0.3 is 5.97 Å². The van der Waals surface area contributed by atoms with Crippen molar-refractivity contribution in [2.24, 2.45) is 0 Å². The maximum atomic E-state index is 11.4. The smallest absolute Gasteiger partial charge is 0.360 e. The zero-order chi connectivity index (χ0) is 13.8. The number of esters is 1. The first-order chi connectivity index (χ1) is 9.13. The van der Waals surface area contributed by atoms with Crippen LogP contribution in [-0.2, 0) is 11.3 Å². The lowest BCUT2D eigenvalue weighted by Gasteiger charge is -2.13. The van der Waals surface area contributed by atoms with Crippen LogP contribution in [0.1, 0.15) is 28.9 Å². The number of carbonyl (C=O) groups is 1. The molecule has 5 heteroatoms. The van der Waals surface area contributed by atoms with Crippen molar-refractivity contribution in [1.29, 1.82) is 0 Å². The molecule has 1 aromatic carbocycles. The Bertz CT molecular complexity index is 563. The standard InChI is InChI=1S/C14H17N3O2/c1-10(11-6-4-3-5-7-11)8-17-9-16-12(13(17)15)14(18)19-2/h3-7,9-10H,8,15H2,1-2H3. The molecule has 100 valence electrons. The second-order valence-corrected chi connectivity index (χ2v) is 4.43. The number of rotatable bonds is 4. The second kappa shape index (κ2) is 5.56. The van der Waals surface area contributed by atoms with Crippen LogP contribution in [0.15, 0.2) is 36.7 Å². The molecule has 0 fully saturated rings. The van der Waals surface area contributed by atoms with Gasteiger partial charge in [-0.15, -0.1) is 0 Å². The summed E-state index contributed by atoms with van der Waals surface area (Å²) < 4.78 is 6.39. The molecule has 19 heavy (non-hydrogen) atoms. The molecule has 0 saturated heterocycles. The van der Waals surface area contributed by atoms with Crippen molar-refractivity contribution >= 4 is 11.8 Å². The highest BCUT2D eigenvalue weighted by Gasteiger charge is 2.17. The molecule has 2 rings (SSSR count). The summed E-state index contributed by atoms with van der Waals surface area (Å²) in [6, 6.07) is 10.1. The zero-order valence-corrected chi connectivity index (χ0v) is 11.0. The number of benzene rings is 1. The molecular formula is C14H17N3O2. The fraction of sp³-hybridized carbons (Fsp3) is 0.286. The Labute approximate surface area is 112 Å². The minimum absolute atomic E-state index is 0.169. The Hall–Kier alpha value is -2.30. The van der Waals surface area contributed by atoms with Crippen LogP contribution in [0.25, 0.3) is 0 Å². The molecule has 2 N–H and O–H groups in total. The van der Waals surface area contributed by atoms with Crippen LogP contribution in [0, 0.1) is 0 Å². The summed E-state index contributed by atoms with van der Waals surface area (Å²) in [7, 11) is 1.31. The number of nitrogens with two attached hydrogens (primary N) is 1. The largest absolute Gasteiger partial charge is 0.464 e. The molecule has 0 radical (unpaired) electrons. The Balaban J connectivity index is 2.16. The Morgan fingerprint density at radius 1 is 1.42 bits per heavy atom. The third-order valence-electron chi connectivity index (χ3n) is 3.10. The highest BCUT2D eigenvalue weighted by atomic mass is 16.5. The molecule has 1 aromatic heterocycles. The van der Waals surface area contributed by atoms with E-state index in [-0.39, 0.29) is 11.6 Å². The first kappa shape index (κ1) is 13.1. The van der Waals surface area contributed by atoms with Crippen molar-refractivity contribution < 1.29 is 9.53 Å². The number of methoxy groups -OCH3 is 1. The lowest BCUT2D eigenvalue weighted by Crippen LogP contribution is -2.11. The number of ether oxygens (including phenoxy) is 1. The van der Waals surface area contributed by atoms with Crippen molar-refractivity contribution in [3.05, 3.63) is 47.9 Å². The monoisotopic (exact) mass is 259 g/mol. The molecule has 0 bridgehead atoms. The predicted molar refractivity (Wildman–Crippen MR) is 72.8 cm³/mol. The molecule has 0 aliphatic rings. The van der Waals surface area contributed by atoms with Crippen molar-refractivity contribution in [1.82, 2.24) is 9.55 Å². The molecule has 0 aliphatic heterocycles. The van der Waals surface area contributed by atoms with E-state index in [2.05, 4.69) is 28.8 Å². The lowest BCUT2D eigenvalue weighted by atomic mass is 10.0. The third kappa shape index (κ3) is 2.76. The van der Waals surface area contributed by atoms with Crippen molar-refractivity contribution in [3.63, 3.8) is 0 Å². The fourth-order valence-corrected chi connectivity index (χ4v) is 1.97. The highest BCUT2D eigenvalue weighted by Crippen LogP contribution is 2.20. The average molecular weight is 259 g/mol. The maximum Gasteiger partial charge on any atom is 0.360 e. The molecular weight excluding hydrogens is 242 g/mol. The first-order valence-corrected chi connectivity index (χ1v) is 6.07. The number of carbonyl (C=O) groups excluding carboxylic acids is 1. The molecule has 1 heterocycles. The number of nitrogens with zero attached hydrogens (tertiary/aromatic N) is 2. The van der Waals surface area contributed by atoms with E-state index in [0.717, 1.165) is 0 Å². The van der Waals surface area contributed by atoms with E-state index >= 15 is 0 Å². The van der Waals surface area contributed by atoms with Gasteiger partial charge < -0.3 is 15.0 Å².